The molecule has 0 bridgehead atoms. The molecule has 3 heterocycles. The first kappa shape index (κ1) is 31.8. The molecule has 1 atom stereocenters. The Labute approximate surface area is 330 Å². The Balaban J connectivity index is 1.03. The molecular formula is C54H36N3+. The van der Waals surface area contributed by atoms with E-state index in [9.17, 15) is 0 Å². The minimum absolute atomic E-state index is 0.158. The van der Waals surface area contributed by atoms with Crippen molar-refractivity contribution in [2.75, 3.05) is 0 Å². The van der Waals surface area contributed by atoms with E-state index in [2.05, 4.69) is 226 Å². The molecule has 0 aliphatic heterocycles. The van der Waals surface area contributed by atoms with Gasteiger partial charge in [0.2, 0.25) is 6.04 Å². The van der Waals surface area contributed by atoms with Crippen molar-refractivity contribution in [3.63, 3.8) is 0 Å². The van der Waals surface area contributed by atoms with Crippen LogP contribution >= 0.6 is 0 Å². The minimum Gasteiger partial charge on any atom is -0.309 e. The van der Waals surface area contributed by atoms with Crippen molar-refractivity contribution in [1.29, 1.82) is 0 Å². The molecule has 1 aliphatic carbocycles. The van der Waals surface area contributed by atoms with Gasteiger partial charge < -0.3 is 9.13 Å². The van der Waals surface area contributed by atoms with Gasteiger partial charge in [0, 0.05) is 56.2 Å². The second-order valence-electron chi connectivity index (χ2n) is 15.2. The van der Waals surface area contributed by atoms with Crippen molar-refractivity contribution in [2.45, 2.75) is 6.04 Å². The van der Waals surface area contributed by atoms with E-state index >= 15 is 0 Å². The van der Waals surface area contributed by atoms with Crippen LogP contribution in [0.25, 0.3) is 88.4 Å². The van der Waals surface area contributed by atoms with Crippen LogP contribution in [-0.2, 0) is 0 Å². The topological polar surface area (TPSA) is 13.7 Å². The van der Waals surface area contributed by atoms with E-state index in [1.807, 2.05) is 0 Å². The van der Waals surface area contributed by atoms with Crippen molar-refractivity contribution in [3.05, 3.63) is 224 Å². The molecule has 3 heteroatoms. The molecule has 1 unspecified atom stereocenters. The number of benzene rings is 8. The molecule has 0 fully saturated rings. The van der Waals surface area contributed by atoms with Crippen LogP contribution in [-0.4, -0.2) is 9.13 Å². The number of para-hydroxylation sites is 3. The second kappa shape index (κ2) is 12.5. The van der Waals surface area contributed by atoms with E-state index in [1.165, 1.54) is 93.8 Å². The normalized spacial score (nSPS) is 13.4. The fourth-order valence-corrected chi connectivity index (χ4v) is 9.51. The molecule has 266 valence electrons. The van der Waals surface area contributed by atoms with E-state index in [0.717, 1.165) is 5.69 Å². The maximum absolute atomic E-state index is 2.41. The first-order valence-corrected chi connectivity index (χ1v) is 19.7. The largest absolute Gasteiger partial charge is 0.309 e. The number of aromatic nitrogens is 3. The van der Waals surface area contributed by atoms with Crippen LogP contribution in [0.3, 0.4) is 0 Å². The fourth-order valence-electron chi connectivity index (χ4n) is 9.51. The van der Waals surface area contributed by atoms with Gasteiger partial charge in [0.1, 0.15) is 0 Å². The highest BCUT2D eigenvalue weighted by Crippen LogP contribution is 2.45. The highest BCUT2D eigenvalue weighted by Gasteiger charge is 2.35. The molecule has 8 aromatic carbocycles. The van der Waals surface area contributed by atoms with Gasteiger partial charge in [-0.05, 0) is 106 Å². The smallest absolute Gasteiger partial charge is 0.210 e. The average molecular weight is 727 g/mol. The number of rotatable bonds is 5. The molecule has 3 nitrogen and oxygen atoms in total. The molecule has 3 aromatic heterocycles. The van der Waals surface area contributed by atoms with Gasteiger partial charge >= 0.3 is 0 Å². The Morgan fingerprint density at radius 1 is 0.316 bits per heavy atom. The lowest BCUT2D eigenvalue weighted by atomic mass is 9.96. The lowest BCUT2D eigenvalue weighted by molar-refractivity contribution is -0.704. The van der Waals surface area contributed by atoms with Gasteiger partial charge in [-0.25, -0.2) is 0 Å². The third-order valence-electron chi connectivity index (χ3n) is 12.1. The third kappa shape index (κ3) is 4.89. The maximum Gasteiger partial charge on any atom is 0.210 e. The minimum atomic E-state index is 0.158. The van der Waals surface area contributed by atoms with Crippen LogP contribution in [0.15, 0.2) is 213 Å². The molecule has 0 radical (unpaired) electrons. The van der Waals surface area contributed by atoms with Gasteiger partial charge in [0.15, 0.2) is 12.4 Å². The van der Waals surface area contributed by atoms with Crippen LogP contribution in [0.4, 0.5) is 0 Å². The summed E-state index contributed by atoms with van der Waals surface area (Å²) in [5, 5.41) is 5.00. The third-order valence-corrected chi connectivity index (χ3v) is 12.1. The zero-order chi connectivity index (χ0) is 37.5. The Bertz CT molecular complexity index is 3340. The maximum atomic E-state index is 2.41. The highest BCUT2D eigenvalue weighted by atomic mass is 15.0. The summed E-state index contributed by atoms with van der Waals surface area (Å²) in [4.78, 5) is 0. The summed E-state index contributed by atoms with van der Waals surface area (Å²) in [6.07, 6.45) is 4.35. The highest BCUT2D eigenvalue weighted by molar-refractivity contribution is 6.13. The number of nitrogens with zero attached hydrogens (tertiary/aromatic N) is 3. The van der Waals surface area contributed by atoms with Gasteiger partial charge in [0.05, 0.1) is 22.1 Å². The zero-order valence-corrected chi connectivity index (χ0v) is 31.1. The van der Waals surface area contributed by atoms with Crippen molar-refractivity contribution in [1.82, 2.24) is 9.13 Å². The molecular weight excluding hydrogens is 691 g/mol. The first-order valence-electron chi connectivity index (χ1n) is 19.7. The summed E-state index contributed by atoms with van der Waals surface area (Å²) in [5.41, 5.74) is 17.3. The predicted octanol–water partition coefficient (Wildman–Crippen LogP) is 13.1. The molecule has 0 N–H and O–H groups in total. The molecule has 0 amide bonds. The van der Waals surface area contributed by atoms with Crippen LogP contribution in [0.5, 0.6) is 0 Å². The Morgan fingerprint density at radius 2 is 0.754 bits per heavy atom. The summed E-state index contributed by atoms with van der Waals surface area (Å²) in [5.74, 6) is 0. The first-order chi connectivity index (χ1) is 28.3. The molecule has 0 saturated heterocycles. The lowest BCUT2D eigenvalue weighted by Crippen LogP contribution is -2.38. The summed E-state index contributed by atoms with van der Waals surface area (Å²) >= 11 is 0. The Kier molecular flexibility index (Phi) is 6.99. The van der Waals surface area contributed by atoms with Gasteiger partial charge in [-0.1, -0.05) is 115 Å². The summed E-state index contributed by atoms with van der Waals surface area (Å²) in [6.45, 7) is 0. The van der Waals surface area contributed by atoms with Gasteiger partial charge in [-0.2, -0.15) is 4.57 Å². The molecule has 0 spiro atoms. The number of pyridine rings is 1. The van der Waals surface area contributed by atoms with Crippen molar-refractivity contribution in [3.8, 4) is 44.8 Å². The van der Waals surface area contributed by atoms with Crippen LogP contribution < -0.4 is 4.57 Å². The van der Waals surface area contributed by atoms with Crippen LogP contribution in [0, 0.1) is 0 Å². The Hall–Kier alpha value is -7.49. The van der Waals surface area contributed by atoms with E-state index in [0.29, 0.717) is 0 Å². The van der Waals surface area contributed by atoms with Crippen LogP contribution in [0.1, 0.15) is 17.2 Å². The molecule has 11 aromatic rings. The van der Waals surface area contributed by atoms with Crippen LogP contribution in [0.2, 0.25) is 0 Å². The molecule has 12 rings (SSSR count). The lowest BCUT2D eigenvalue weighted by Gasteiger charge is -2.10. The number of hydrogen-bond acceptors (Lipinski definition) is 0. The van der Waals surface area contributed by atoms with Gasteiger partial charge in [-0.15, -0.1) is 0 Å². The quantitative estimate of drug-likeness (QED) is 0.157. The van der Waals surface area contributed by atoms with Crippen molar-refractivity contribution in [2.24, 2.45) is 0 Å². The number of fused-ring (bicyclic) bond motifs is 9. The summed E-state index contributed by atoms with van der Waals surface area (Å²) in [7, 11) is 0. The van der Waals surface area contributed by atoms with Crippen molar-refractivity contribution >= 4 is 43.6 Å². The molecule has 1 aliphatic rings. The SMILES string of the molecule is c1ccc(-n2c3ccccc3c3cc(-c4ccc5c(c4)c4cc(-c6ccc7c(c6)-c6ccccc6C7[n+]6ccccc6)ccc4n5-c4ccccc4)ccc32)cc1. The number of hydrogen-bond donors (Lipinski definition) is 0. The van der Waals surface area contributed by atoms with E-state index in [1.54, 1.807) is 0 Å². The molecule has 57 heavy (non-hydrogen) atoms. The fraction of sp³-hybridized carbons (Fsp3) is 0.0185. The average Bonchev–Trinajstić information content (AvgIpc) is 3.92. The predicted molar refractivity (Wildman–Crippen MR) is 235 cm³/mol. The van der Waals surface area contributed by atoms with Gasteiger partial charge in [-0.3, -0.25) is 0 Å². The van der Waals surface area contributed by atoms with Crippen molar-refractivity contribution < 1.29 is 4.57 Å². The van der Waals surface area contributed by atoms with E-state index in [-0.39, 0.29) is 6.04 Å². The van der Waals surface area contributed by atoms with E-state index < -0.39 is 0 Å². The Morgan fingerprint density at radius 3 is 1.37 bits per heavy atom. The zero-order valence-electron chi connectivity index (χ0n) is 31.1. The standard InChI is InChI=1S/C54H36N3/c1-4-14-40(15-5-1)56-50-21-11-10-19-43(50)47-33-37(23-27-51(47)56)39-25-29-53-49(35-39)48-34-38(24-28-52(48)57(53)41-16-6-2-7-17-41)36-22-26-45-46(32-36)42-18-8-9-20-44(42)54(45)55-30-12-3-13-31-55/h1-35,54H/q+1. The summed E-state index contributed by atoms with van der Waals surface area (Å²) in [6, 6.07) is 73.5. The molecule has 0 saturated carbocycles. The van der Waals surface area contributed by atoms with E-state index in [4.69, 9.17) is 0 Å². The van der Waals surface area contributed by atoms with Gasteiger partial charge in [0.25, 0.3) is 0 Å². The second-order valence-corrected chi connectivity index (χ2v) is 15.2. The summed E-state index contributed by atoms with van der Waals surface area (Å²) < 4.78 is 7.12. The monoisotopic (exact) mass is 726 g/mol.